The summed E-state index contributed by atoms with van der Waals surface area (Å²) in [5.74, 6) is 0.741. The van der Waals surface area contributed by atoms with Crippen LogP contribution in [0, 0.1) is 18.4 Å². The van der Waals surface area contributed by atoms with Crippen LogP contribution >= 0.6 is 11.8 Å². The summed E-state index contributed by atoms with van der Waals surface area (Å²) in [6.45, 7) is 2.77. The number of hydrogen-bond donors (Lipinski definition) is 4. The minimum atomic E-state index is -1.24. The van der Waals surface area contributed by atoms with Crippen molar-refractivity contribution in [3.05, 3.63) is 64.0 Å². The fourth-order valence-corrected chi connectivity index (χ4v) is 3.26. The van der Waals surface area contributed by atoms with Crippen LogP contribution in [0.25, 0.3) is 11.0 Å². The molecule has 3 aromatic rings. The summed E-state index contributed by atoms with van der Waals surface area (Å²) in [6.07, 6.45) is 3.44. The zero-order valence-electron chi connectivity index (χ0n) is 17.0. The maximum Gasteiger partial charge on any atom is 0.371 e. The molecule has 0 aliphatic rings. The van der Waals surface area contributed by atoms with Crippen molar-refractivity contribution in [3.63, 3.8) is 0 Å². The van der Waals surface area contributed by atoms with Crippen LogP contribution in [0.3, 0.4) is 0 Å². The number of aromatic carboxylic acids is 1. The van der Waals surface area contributed by atoms with Gasteiger partial charge < -0.3 is 25.1 Å². The van der Waals surface area contributed by atoms with Crippen LogP contribution in [0.4, 0.5) is 0 Å². The second-order valence-electron chi connectivity index (χ2n) is 6.04. The molecule has 0 aliphatic heterocycles. The lowest BCUT2D eigenvalue weighted by Gasteiger charge is -2.06. The number of fused-ring (bicyclic) bond motifs is 1. The predicted octanol–water partition coefficient (Wildman–Crippen LogP) is 2.09. The second-order valence-corrected chi connectivity index (χ2v) is 7.15. The monoisotopic (exact) mass is 442 g/mol. The molecule has 0 atom stereocenters. The van der Waals surface area contributed by atoms with Crippen LogP contribution in [0.2, 0.25) is 0 Å². The van der Waals surface area contributed by atoms with Gasteiger partial charge in [0.2, 0.25) is 17.9 Å². The number of carboxylic acids is 1. The number of nitrogens with zero attached hydrogens (tertiary/aromatic N) is 3. The first-order valence-electron chi connectivity index (χ1n) is 9.17. The average Bonchev–Trinajstić information content (AvgIpc) is 3.17. The van der Waals surface area contributed by atoms with Crippen LogP contribution in [0.15, 0.2) is 50.9 Å². The third kappa shape index (κ3) is 7.20. The van der Waals surface area contributed by atoms with E-state index in [1.54, 1.807) is 55.6 Å². The van der Waals surface area contributed by atoms with Crippen molar-refractivity contribution >= 4 is 34.7 Å². The van der Waals surface area contributed by atoms with E-state index in [4.69, 9.17) is 14.8 Å². The van der Waals surface area contributed by atoms with E-state index >= 15 is 0 Å². The van der Waals surface area contributed by atoms with E-state index in [0.29, 0.717) is 11.3 Å². The van der Waals surface area contributed by atoms with Crippen LogP contribution in [-0.4, -0.2) is 46.3 Å². The van der Waals surface area contributed by atoms with E-state index < -0.39 is 5.97 Å². The summed E-state index contributed by atoms with van der Waals surface area (Å²) in [6, 6.07) is 7.50. The van der Waals surface area contributed by atoms with Gasteiger partial charge in [0.1, 0.15) is 5.58 Å². The summed E-state index contributed by atoms with van der Waals surface area (Å²) < 4.78 is 5.00. The minimum absolute atomic E-state index is 0.289. The van der Waals surface area contributed by atoms with E-state index in [9.17, 15) is 9.59 Å². The molecule has 2 heterocycles. The van der Waals surface area contributed by atoms with Gasteiger partial charge in [-0.3, -0.25) is 4.79 Å². The lowest BCUT2D eigenvalue weighted by Crippen LogP contribution is -2.35. The fourth-order valence-electron chi connectivity index (χ4n) is 2.39. The van der Waals surface area contributed by atoms with E-state index in [1.165, 1.54) is 0 Å². The number of H-pyrrole nitrogens is 1. The standard InChI is InChI=1S/C10H16N6S.C10H6O4/c1-8-9(16-7-15-8)5-17-4-3-13-10(12-2)14-6-11;11-7-5-9(10(12)13)14-8-4-2-1-3-6(7)8/h7H,3-5H2,1-2H3,(H,15,16)(H2,12,13,14);1-5H,(H,12,13). The van der Waals surface area contributed by atoms with Crippen LogP contribution in [0.5, 0.6) is 0 Å². The maximum absolute atomic E-state index is 11.4. The molecule has 0 fully saturated rings. The van der Waals surface area contributed by atoms with Gasteiger partial charge in [0.05, 0.1) is 17.4 Å². The Morgan fingerprint density at radius 2 is 2.19 bits per heavy atom. The molecule has 162 valence electrons. The number of nitriles is 1. The molecular formula is C20H22N6O4S. The molecule has 4 N–H and O–H groups in total. The van der Waals surface area contributed by atoms with Gasteiger partial charge in [0.15, 0.2) is 5.43 Å². The molecule has 10 nitrogen and oxygen atoms in total. The van der Waals surface area contributed by atoms with Gasteiger partial charge >= 0.3 is 5.97 Å². The van der Waals surface area contributed by atoms with Crippen molar-refractivity contribution < 1.29 is 14.3 Å². The Hall–Kier alpha value is -3.78. The molecule has 31 heavy (non-hydrogen) atoms. The lowest BCUT2D eigenvalue weighted by atomic mass is 10.2. The molecule has 0 saturated heterocycles. The number of carboxylic acid groups (broad SMARTS) is 1. The zero-order valence-corrected chi connectivity index (χ0v) is 17.8. The number of thioether (sulfide) groups is 1. The molecule has 0 unspecified atom stereocenters. The molecule has 0 radical (unpaired) electrons. The topological polar surface area (TPSA) is 156 Å². The highest BCUT2D eigenvalue weighted by Gasteiger charge is 2.09. The first-order chi connectivity index (χ1) is 15.0. The molecule has 1 aromatic carbocycles. The van der Waals surface area contributed by atoms with Crippen molar-refractivity contribution in [3.8, 4) is 6.19 Å². The fraction of sp³-hybridized carbons (Fsp3) is 0.250. The number of nitrogens with one attached hydrogen (secondary N) is 3. The molecule has 0 saturated carbocycles. The number of hydrogen-bond acceptors (Lipinski definition) is 7. The van der Waals surface area contributed by atoms with Gasteiger partial charge in [-0.15, -0.1) is 4.99 Å². The van der Waals surface area contributed by atoms with Crippen molar-refractivity contribution in [2.45, 2.75) is 12.7 Å². The Morgan fingerprint density at radius 3 is 2.84 bits per heavy atom. The number of aromatic amines is 1. The quantitative estimate of drug-likeness (QED) is 0.194. The van der Waals surface area contributed by atoms with Crippen molar-refractivity contribution in [1.82, 2.24) is 20.6 Å². The molecule has 11 heteroatoms. The summed E-state index contributed by atoms with van der Waals surface area (Å²) in [5, 5.41) is 23.3. The number of carbonyl (C=O) groups is 1. The smallest absolute Gasteiger partial charge is 0.371 e. The minimum Gasteiger partial charge on any atom is -0.475 e. The van der Waals surface area contributed by atoms with Gasteiger partial charge in [0.25, 0.3) is 0 Å². The van der Waals surface area contributed by atoms with Crippen LogP contribution in [0.1, 0.15) is 21.9 Å². The number of imidazole rings is 1. The lowest BCUT2D eigenvalue weighted by molar-refractivity contribution is 0.0663. The number of para-hydroxylation sites is 1. The van der Waals surface area contributed by atoms with Gasteiger partial charge in [0, 0.05) is 36.9 Å². The highest BCUT2D eigenvalue weighted by Crippen LogP contribution is 2.12. The molecule has 0 spiro atoms. The highest BCUT2D eigenvalue weighted by molar-refractivity contribution is 7.98. The highest BCUT2D eigenvalue weighted by atomic mass is 32.2. The van der Waals surface area contributed by atoms with E-state index in [-0.39, 0.29) is 16.8 Å². The normalized spacial score (nSPS) is 10.7. The number of rotatable bonds is 6. The Bertz CT molecular complexity index is 1150. The number of aliphatic imine (C=N–C) groups is 1. The summed E-state index contributed by atoms with van der Waals surface area (Å²) in [5.41, 5.74) is 2.16. The van der Waals surface area contributed by atoms with Gasteiger partial charge in [-0.05, 0) is 19.1 Å². The van der Waals surface area contributed by atoms with Crippen LogP contribution < -0.4 is 16.1 Å². The number of aryl methyl sites for hydroxylation is 1. The maximum atomic E-state index is 11.4. The van der Waals surface area contributed by atoms with Crippen LogP contribution in [-0.2, 0) is 5.75 Å². The Morgan fingerprint density at radius 1 is 1.42 bits per heavy atom. The SMILES string of the molecule is CN/C(=N/C#N)NCCSCc1nc[nH]c1C.O=C(O)c1cc(=O)c2ccccc2o1. The molecular weight excluding hydrogens is 420 g/mol. The van der Waals surface area contributed by atoms with Gasteiger partial charge in [-0.2, -0.15) is 17.0 Å². The van der Waals surface area contributed by atoms with Crippen molar-refractivity contribution in [1.29, 1.82) is 5.26 Å². The largest absolute Gasteiger partial charge is 0.475 e. The Labute approximate surface area is 182 Å². The predicted molar refractivity (Wildman–Crippen MR) is 119 cm³/mol. The molecule has 0 aliphatic carbocycles. The number of benzene rings is 1. The van der Waals surface area contributed by atoms with E-state index in [2.05, 4.69) is 25.6 Å². The van der Waals surface area contributed by atoms with E-state index in [0.717, 1.165) is 35.5 Å². The average molecular weight is 443 g/mol. The van der Waals surface area contributed by atoms with Crippen molar-refractivity contribution in [2.24, 2.45) is 4.99 Å². The number of aromatic nitrogens is 2. The second kappa shape index (κ2) is 12.0. The van der Waals surface area contributed by atoms with Gasteiger partial charge in [-0.25, -0.2) is 9.78 Å². The van der Waals surface area contributed by atoms with Gasteiger partial charge in [-0.1, -0.05) is 12.1 Å². The number of guanidine groups is 1. The third-order valence-electron chi connectivity index (χ3n) is 3.96. The van der Waals surface area contributed by atoms with Crippen molar-refractivity contribution in [2.75, 3.05) is 19.3 Å². The molecule has 2 aromatic heterocycles. The Kier molecular flexibility index (Phi) is 9.13. The van der Waals surface area contributed by atoms with E-state index in [1.807, 2.05) is 6.92 Å². The third-order valence-corrected chi connectivity index (χ3v) is 4.93. The summed E-state index contributed by atoms with van der Waals surface area (Å²) in [7, 11) is 1.73. The first-order valence-corrected chi connectivity index (χ1v) is 10.3. The molecule has 0 amide bonds. The summed E-state index contributed by atoms with van der Waals surface area (Å²) in [4.78, 5) is 32.8. The first kappa shape index (κ1) is 23.5. The zero-order chi connectivity index (χ0) is 22.6. The molecule has 0 bridgehead atoms. The Balaban J connectivity index is 0.000000224. The molecule has 3 rings (SSSR count). The summed E-state index contributed by atoms with van der Waals surface area (Å²) >= 11 is 1.79.